The van der Waals surface area contributed by atoms with Crippen LogP contribution in [-0.2, 0) is 6.54 Å². The second-order valence-electron chi connectivity index (χ2n) is 4.66. The molecular formula is C14H18N4. The molecule has 4 heteroatoms. The first kappa shape index (κ1) is 11.4. The monoisotopic (exact) mass is 242 g/mol. The molecule has 18 heavy (non-hydrogen) atoms. The Bertz CT molecular complexity index is 486. The van der Waals surface area contributed by atoms with Crippen LogP contribution in [0.3, 0.4) is 0 Å². The predicted octanol–water partition coefficient (Wildman–Crippen LogP) is 1.32. The molecule has 94 valence electrons. The van der Waals surface area contributed by atoms with Gasteiger partial charge in [0.2, 0.25) is 0 Å². The second-order valence-corrected chi connectivity index (χ2v) is 4.66. The molecule has 1 aromatic heterocycles. The average Bonchev–Trinajstić information content (AvgIpc) is 3.09. The third kappa shape index (κ3) is 2.60. The van der Waals surface area contributed by atoms with Crippen molar-refractivity contribution in [2.45, 2.75) is 19.0 Å². The van der Waals surface area contributed by atoms with Crippen LogP contribution in [0.1, 0.15) is 12.1 Å². The minimum absolute atomic E-state index is 0.590. The highest BCUT2D eigenvalue weighted by Crippen LogP contribution is 2.07. The number of para-hydroxylation sites is 1. The largest absolute Gasteiger partial charge is 0.315 e. The standard InChI is InChI=1S/C14H18N4/c1-2-4-14(5-3-1)18-9-7-13(17-18)11-16-12-6-8-15-10-12/h1-5,7,9,12,15-16H,6,8,10-11H2. The van der Waals surface area contributed by atoms with Gasteiger partial charge in [-0.1, -0.05) is 18.2 Å². The van der Waals surface area contributed by atoms with Gasteiger partial charge in [0.05, 0.1) is 11.4 Å². The summed E-state index contributed by atoms with van der Waals surface area (Å²) in [7, 11) is 0. The highest BCUT2D eigenvalue weighted by atomic mass is 15.3. The Morgan fingerprint density at radius 1 is 1.28 bits per heavy atom. The van der Waals surface area contributed by atoms with Gasteiger partial charge in [-0.15, -0.1) is 0 Å². The Morgan fingerprint density at radius 2 is 2.17 bits per heavy atom. The molecule has 0 radical (unpaired) electrons. The molecule has 0 saturated carbocycles. The van der Waals surface area contributed by atoms with E-state index in [-0.39, 0.29) is 0 Å². The van der Waals surface area contributed by atoms with Crippen LogP contribution in [0.4, 0.5) is 0 Å². The smallest absolute Gasteiger partial charge is 0.0766 e. The molecule has 0 bridgehead atoms. The van der Waals surface area contributed by atoms with Crippen LogP contribution in [0.5, 0.6) is 0 Å². The van der Waals surface area contributed by atoms with E-state index < -0.39 is 0 Å². The van der Waals surface area contributed by atoms with Crippen molar-refractivity contribution in [1.29, 1.82) is 0 Å². The van der Waals surface area contributed by atoms with Gasteiger partial charge in [-0.05, 0) is 31.2 Å². The number of aromatic nitrogens is 2. The molecule has 1 aromatic carbocycles. The maximum absolute atomic E-state index is 4.58. The number of hydrogen-bond acceptors (Lipinski definition) is 3. The van der Waals surface area contributed by atoms with Gasteiger partial charge in [0.25, 0.3) is 0 Å². The lowest BCUT2D eigenvalue weighted by atomic mass is 10.2. The first-order chi connectivity index (χ1) is 8.92. The average molecular weight is 242 g/mol. The van der Waals surface area contributed by atoms with Crippen molar-refractivity contribution in [2.24, 2.45) is 0 Å². The minimum Gasteiger partial charge on any atom is -0.315 e. The molecule has 1 saturated heterocycles. The van der Waals surface area contributed by atoms with Gasteiger partial charge in [0, 0.05) is 25.3 Å². The Labute approximate surface area is 107 Å². The Hall–Kier alpha value is -1.65. The third-order valence-electron chi connectivity index (χ3n) is 3.30. The number of nitrogens with one attached hydrogen (secondary N) is 2. The summed E-state index contributed by atoms with van der Waals surface area (Å²) in [5, 5.41) is 11.5. The molecule has 2 heterocycles. The van der Waals surface area contributed by atoms with Crippen LogP contribution in [0.2, 0.25) is 0 Å². The zero-order valence-corrected chi connectivity index (χ0v) is 10.3. The van der Waals surface area contributed by atoms with E-state index in [9.17, 15) is 0 Å². The lowest BCUT2D eigenvalue weighted by Crippen LogP contribution is -2.30. The zero-order chi connectivity index (χ0) is 12.2. The van der Waals surface area contributed by atoms with E-state index in [1.165, 1.54) is 6.42 Å². The molecule has 1 aliphatic heterocycles. The van der Waals surface area contributed by atoms with E-state index in [2.05, 4.69) is 33.9 Å². The zero-order valence-electron chi connectivity index (χ0n) is 10.3. The van der Waals surface area contributed by atoms with Crippen molar-refractivity contribution in [3.8, 4) is 5.69 Å². The number of nitrogens with zero attached hydrogens (tertiary/aromatic N) is 2. The molecule has 2 aromatic rings. The molecule has 0 spiro atoms. The lowest BCUT2D eigenvalue weighted by Gasteiger charge is -2.09. The summed E-state index contributed by atoms with van der Waals surface area (Å²) in [5.41, 5.74) is 2.19. The van der Waals surface area contributed by atoms with Crippen LogP contribution in [-0.4, -0.2) is 28.9 Å². The van der Waals surface area contributed by atoms with E-state index in [1.54, 1.807) is 0 Å². The van der Waals surface area contributed by atoms with Crippen LogP contribution in [0, 0.1) is 0 Å². The maximum Gasteiger partial charge on any atom is 0.0766 e. The fraction of sp³-hybridized carbons (Fsp3) is 0.357. The highest BCUT2D eigenvalue weighted by Gasteiger charge is 2.13. The molecule has 1 aliphatic rings. The SMILES string of the molecule is c1ccc(-n2ccc(CNC3CCNC3)n2)cc1. The lowest BCUT2D eigenvalue weighted by molar-refractivity contribution is 0.539. The summed E-state index contributed by atoms with van der Waals surface area (Å²) in [6.07, 6.45) is 3.22. The van der Waals surface area contributed by atoms with E-state index in [1.807, 2.05) is 29.1 Å². The minimum atomic E-state index is 0.590. The Morgan fingerprint density at radius 3 is 2.94 bits per heavy atom. The highest BCUT2D eigenvalue weighted by molar-refractivity contribution is 5.30. The maximum atomic E-state index is 4.58. The van der Waals surface area contributed by atoms with Crippen molar-refractivity contribution in [1.82, 2.24) is 20.4 Å². The van der Waals surface area contributed by atoms with Gasteiger partial charge in [0.1, 0.15) is 0 Å². The molecule has 1 fully saturated rings. The third-order valence-corrected chi connectivity index (χ3v) is 3.30. The first-order valence-corrected chi connectivity index (χ1v) is 6.46. The van der Waals surface area contributed by atoms with Crippen LogP contribution >= 0.6 is 0 Å². The molecule has 2 N–H and O–H groups in total. The van der Waals surface area contributed by atoms with Crippen LogP contribution < -0.4 is 10.6 Å². The van der Waals surface area contributed by atoms with Gasteiger partial charge in [-0.25, -0.2) is 4.68 Å². The van der Waals surface area contributed by atoms with Crippen molar-refractivity contribution in [3.05, 3.63) is 48.3 Å². The Balaban J connectivity index is 1.63. The van der Waals surface area contributed by atoms with Crippen LogP contribution in [0.15, 0.2) is 42.6 Å². The molecule has 1 atom stereocenters. The summed E-state index contributed by atoms with van der Waals surface area (Å²) in [6, 6.07) is 12.9. The summed E-state index contributed by atoms with van der Waals surface area (Å²) >= 11 is 0. The normalized spacial score (nSPS) is 19.2. The van der Waals surface area contributed by atoms with Crippen molar-refractivity contribution in [3.63, 3.8) is 0 Å². The molecule has 0 aliphatic carbocycles. The van der Waals surface area contributed by atoms with Gasteiger partial charge in [0.15, 0.2) is 0 Å². The van der Waals surface area contributed by atoms with Gasteiger partial charge in [-0.2, -0.15) is 5.10 Å². The van der Waals surface area contributed by atoms with Crippen LogP contribution in [0.25, 0.3) is 5.69 Å². The number of benzene rings is 1. The summed E-state index contributed by atoms with van der Waals surface area (Å²) < 4.78 is 1.92. The molecular weight excluding hydrogens is 224 g/mol. The van der Waals surface area contributed by atoms with E-state index in [0.717, 1.165) is 31.0 Å². The topological polar surface area (TPSA) is 41.9 Å². The van der Waals surface area contributed by atoms with Crippen molar-refractivity contribution < 1.29 is 0 Å². The number of hydrogen-bond donors (Lipinski definition) is 2. The Kier molecular flexibility index (Phi) is 3.39. The van der Waals surface area contributed by atoms with E-state index in [0.29, 0.717) is 6.04 Å². The predicted molar refractivity (Wildman–Crippen MR) is 71.7 cm³/mol. The second kappa shape index (κ2) is 5.33. The summed E-state index contributed by atoms with van der Waals surface area (Å²) in [4.78, 5) is 0. The number of rotatable bonds is 4. The molecule has 0 amide bonds. The van der Waals surface area contributed by atoms with E-state index in [4.69, 9.17) is 0 Å². The van der Waals surface area contributed by atoms with Crippen molar-refractivity contribution >= 4 is 0 Å². The van der Waals surface area contributed by atoms with Gasteiger partial charge >= 0.3 is 0 Å². The van der Waals surface area contributed by atoms with Crippen molar-refractivity contribution in [2.75, 3.05) is 13.1 Å². The molecule has 1 unspecified atom stereocenters. The quantitative estimate of drug-likeness (QED) is 0.850. The molecule has 3 rings (SSSR count). The van der Waals surface area contributed by atoms with Gasteiger partial charge in [-0.3, -0.25) is 0 Å². The summed E-state index contributed by atoms with van der Waals surface area (Å²) in [5.74, 6) is 0. The van der Waals surface area contributed by atoms with E-state index >= 15 is 0 Å². The molecule has 4 nitrogen and oxygen atoms in total. The fourth-order valence-corrected chi connectivity index (χ4v) is 2.26. The fourth-order valence-electron chi connectivity index (χ4n) is 2.26. The van der Waals surface area contributed by atoms with Gasteiger partial charge < -0.3 is 10.6 Å². The summed E-state index contributed by atoms with van der Waals surface area (Å²) in [6.45, 7) is 3.03. The first-order valence-electron chi connectivity index (χ1n) is 6.46.